The number of hydrogen-bond acceptors (Lipinski definition) is 4. The van der Waals surface area contributed by atoms with E-state index in [0.29, 0.717) is 26.2 Å². The van der Waals surface area contributed by atoms with Gasteiger partial charge < -0.3 is 14.8 Å². The number of amides is 1. The van der Waals surface area contributed by atoms with E-state index < -0.39 is 0 Å². The van der Waals surface area contributed by atoms with Crippen LogP contribution in [-0.2, 0) is 17.6 Å². The van der Waals surface area contributed by atoms with Gasteiger partial charge in [-0.05, 0) is 42.8 Å². The van der Waals surface area contributed by atoms with Gasteiger partial charge in [-0.15, -0.1) is 0 Å². The summed E-state index contributed by atoms with van der Waals surface area (Å²) in [5, 5.41) is 3.13. The molecule has 0 saturated heterocycles. The highest BCUT2D eigenvalue weighted by Gasteiger charge is 2.18. The molecule has 1 N–H and O–H groups in total. The molecule has 0 aromatic heterocycles. The van der Waals surface area contributed by atoms with Crippen LogP contribution in [0.3, 0.4) is 0 Å². The van der Waals surface area contributed by atoms with Crippen LogP contribution in [0.4, 0.5) is 0 Å². The molecule has 2 aromatic carbocycles. The third-order valence-corrected chi connectivity index (χ3v) is 5.15. The van der Waals surface area contributed by atoms with Crippen molar-refractivity contribution in [3.05, 3.63) is 59.7 Å². The third-order valence-electron chi connectivity index (χ3n) is 5.15. The van der Waals surface area contributed by atoms with Crippen LogP contribution < -0.4 is 14.8 Å². The second kappa shape index (κ2) is 10.1. The molecule has 5 nitrogen and oxygen atoms in total. The van der Waals surface area contributed by atoms with Crippen LogP contribution in [0.15, 0.2) is 48.5 Å². The average Bonchev–Trinajstić information content (AvgIpc) is 2.73. The number of nitrogens with zero attached hydrogens (tertiary/aromatic N) is 1. The van der Waals surface area contributed by atoms with Crippen molar-refractivity contribution in [2.75, 3.05) is 32.8 Å². The van der Waals surface area contributed by atoms with Gasteiger partial charge in [0, 0.05) is 12.6 Å². The summed E-state index contributed by atoms with van der Waals surface area (Å²) >= 11 is 0. The van der Waals surface area contributed by atoms with Crippen LogP contribution in [0.2, 0.25) is 0 Å². The first kappa shape index (κ1) is 20.2. The van der Waals surface area contributed by atoms with Crippen molar-refractivity contribution in [1.82, 2.24) is 10.2 Å². The van der Waals surface area contributed by atoms with Crippen molar-refractivity contribution < 1.29 is 14.3 Å². The first-order valence-corrected chi connectivity index (χ1v) is 10.1. The highest BCUT2D eigenvalue weighted by atomic mass is 16.6. The molecule has 1 aliphatic rings. The molecular formula is C23H30N2O3. The number of nitrogens with one attached hydrogen (secondary N) is 1. The summed E-state index contributed by atoms with van der Waals surface area (Å²) in [6.07, 6.45) is 1.26. The maximum absolute atomic E-state index is 12.5. The number of rotatable bonds is 9. The largest absolute Gasteiger partial charge is 0.486 e. The fourth-order valence-electron chi connectivity index (χ4n) is 3.63. The Labute approximate surface area is 167 Å². The zero-order chi connectivity index (χ0) is 19.8. The molecule has 0 bridgehead atoms. The van der Waals surface area contributed by atoms with E-state index in [0.717, 1.165) is 36.6 Å². The fraction of sp³-hybridized carbons (Fsp3) is 0.435. The van der Waals surface area contributed by atoms with E-state index in [1.54, 1.807) is 0 Å². The van der Waals surface area contributed by atoms with Gasteiger partial charge in [-0.2, -0.15) is 0 Å². The molecule has 28 heavy (non-hydrogen) atoms. The minimum absolute atomic E-state index is 0.0295. The lowest BCUT2D eigenvalue weighted by atomic mass is 10.0. The molecule has 0 saturated carbocycles. The molecular weight excluding hydrogens is 352 g/mol. The SMILES string of the molecule is CCN(CC)[C@@H](CNC(=O)Cc1ccc2c(c1)OCCO2)Cc1ccccc1. The normalized spacial score (nSPS) is 14.0. The second-order valence-electron chi connectivity index (χ2n) is 7.02. The van der Waals surface area contributed by atoms with E-state index in [1.165, 1.54) is 5.56 Å². The van der Waals surface area contributed by atoms with Crippen LogP contribution in [0.5, 0.6) is 11.5 Å². The number of benzene rings is 2. The zero-order valence-electron chi connectivity index (χ0n) is 16.8. The lowest BCUT2D eigenvalue weighted by Gasteiger charge is -2.30. The van der Waals surface area contributed by atoms with Gasteiger partial charge in [-0.3, -0.25) is 9.69 Å². The Bertz CT molecular complexity index is 760. The first-order chi connectivity index (χ1) is 13.7. The zero-order valence-corrected chi connectivity index (χ0v) is 16.8. The number of fused-ring (bicyclic) bond motifs is 1. The molecule has 0 unspecified atom stereocenters. The van der Waals surface area contributed by atoms with Crippen LogP contribution in [-0.4, -0.2) is 49.7 Å². The van der Waals surface area contributed by atoms with E-state index in [-0.39, 0.29) is 11.9 Å². The summed E-state index contributed by atoms with van der Waals surface area (Å²) < 4.78 is 11.1. The molecule has 0 fully saturated rings. The van der Waals surface area contributed by atoms with Crippen molar-refractivity contribution in [3.8, 4) is 11.5 Å². The summed E-state index contributed by atoms with van der Waals surface area (Å²) in [5.41, 5.74) is 2.23. The molecule has 3 rings (SSSR count). The highest BCUT2D eigenvalue weighted by Crippen LogP contribution is 2.30. The minimum atomic E-state index is 0.0295. The van der Waals surface area contributed by atoms with Gasteiger partial charge in [-0.1, -0.05) is 50.2 Å². The first-order valence-electron chi connectivity index (χ1n) is 10.1. The topological polar surface area (TPSA) is 50.8 Å². The van der Waals surface area contributed by atoms with Crippen molar-refractivity contribution in [2.45, 2.75) is 32.7 Å². The van der Waals surface area contributed by atoms with Crippen LogP contribution in [0.1, 0.15) is 25.0 Å². The van der Waals surface area contributed by atoms with E-state index in [2.05, 4.69) is 48.3 Å². The Morgan fingerprint density at radius 1 is 1.00 bits per heavy atom. The van der Waals surface area contributed by atoms with Gasteiger partial charge in [0.05, 0.1) is 6.42 Å². The molecule has 0 aliphatic carbocycles. The van der Waals surface area contributed by atoms with Gasteiger partial charge >= 0.3 is 0 Å². The second-order valence-corrected chi connectivity index (χ2v) is 7.02. The monoisotopic (exact) mass is 382 g/mol. The van der Waals surface area contributed by atoms with Crippen LogP contribution in [0.25, 0.3) is 0 Å². The summed E-state index contributed by atoms with van der Waals surface area (Å²) in [4.78, 5) is 14.9. The Morgan fingerprint density at radius 2 is 1.71 bits per heavy atom. The molecule has 1 amide bonds. The number of ether oxygens (including phenoxy) is 2. The Hall–Kier alpha value is -2.53. The van der Waals surface area contributed by atoms with E-state index in [4.69, 9.17) is 9.47 Å². The summed E-state index contributed by atoms with van der Waals surface area (Å²) in [6.45, 7) is 8.02. The molecule has 1 heterocycles. The van der Waals surface area contributed by atoms with Crippen molar-refractivity contribution in [3.63, 3.8) is 0 Å². The van der Waals surface area contributed by atoms with Gasteiger partial charge in [0.15, 0.2) is 11.5 Å². The maximum atomic E-state index is 12.5. The number of likely N-dealkylation sites (N-methyl/N-ethyl adjacent to an activating group) is 1. The molecule has 5 heteroatoms. The van der Waals surface area contributed by atoms with Crippen molar-refractivity contribution in [2.24, 2.45) is 0 Å². The van der Waals surface area contributed by atoms with Gasteiger partial charge in [-0.25, -0.2) is 0 Å². The smallest absolute Gasteiger partial charge is 0.224 e. The third kappa shape index (κ3) is 5.49. The molecule has 2 aromatic rings. The number of carbonyl (C=O) groups excluding carboxylic acids is 1. The standard InChI is InChI=1S/C23H30N2O3/c1-3-25(4-2)20(14-18-8-6-5-7-9-18)17-24-23(26)16-19-10-11-21-22(15-19)28-13-12-27-21/h5-11,15,20H,3-4,12-14,16-17H2,1-2H3,(H,24,26)/t20-/m1/s1. The Kier molecular flexibility index (Phi) is 7.31. The molecule has 0 spiro atoms. The van der Waals surface area contributed by atoms with Gasteiger partial charge in [0.25, 0.3) is 0 Å². The average molecular weight is 383 g/mol. The molecule has 1 aliphatic heterocycles. The van der Waals surface area contributed by atoms with E-state index in [9.17, 15) is 4.79 Å². The molecule has 150 valence electrons. The van der Waals surface area contributed by atoms with E-state index in [1.807, 2.05) is 24.3 Å². The van der Waals surface area contributed by atoms with Gasteiger partial charge in [0.2, 0.25) is 5.91 Å². The van der Waals surface area contributed by atoms with Crippen molar-refractivity contribution in [1.29, 1.82) is 0 Å². The Balaban J connectivity index is 1.58. The Morgan fingerprint density at radius 3 is 2.43 bits per heavy atom. The lowest BCUT2D eigenvalue weighted by molar-refractivity contribution is -0.120. The maximum Gasteiger partial charge on any atom is 0.224 e. The summed E-state index contributed by atoms with van der Waals surface area (Å²) in [7, 11) is 0. The van der Waals surface area contributed by atoms with Crippen LogP contribution >= 0.6 is 0 Å². The van der Waals surface area contributed by atoms with Crippen molar-refractivity contribution >= 4 is 5.91 Å². The quantitative estimate of drug-likeness (QED) is 0.724. The molecule has 0 radical (unpaired) electrons. The predicted molar refractivity (Wildman–Crippen MR) is 111 cm³/mol. The summed E-state index contributed by atoms with van der Waals surface area (Å²) in [5.74, 6) is 1.50. The predicted octanol–water partition coefficient (Wildman–Crippen LogP) is 3.07. The van der Waals surface area contributed by atoms with E-state index >= 15 is 0 Å². The lowest BCUT2D eigenvalue weighted by Crippen LogP contribution is -2.45. The summed E-state index contributed by atoms with van der Waals surface area (Å²) in [6, 6.07) is 16.4. The van der Waals surface area contributed by atoms with Crippen LogP contribution in [0, 0.1) is 0 Å². The van der Waals surface area contributed by atoms with Gasteiger partial charge in [0.1, 0.15) is 13.2 Å². The molecule has 1 atom stereocenters. The fourth-order valence-corrected chi connectivity index (χ4v) is 3.63. The minimum Gasteiger partial charge on any atom is -0.486 e. The number of carbonyl (C=O) groups is 1. The number of hydrogen-bond donors (Lipinski definition) is 1. The highest BCUT2D eigenvalue weighted by molar-refractivity contribution is 5.78.